The number of amides is 2. The van der Waals surface area contributed by atoms with Crippen LogP contribution in [-0.4, -0.2) is 31.9 Å². The second-order valence-electron chi connectivity index (χ2n) is 4.06. The highest BCUT2D eigenvalue weighted by atomic mass is 16.4. The van der Waals surface area contributed by atoms with E-state index >= 15 is 0 Å². The lowest BCUT2D eigenvalue weighted by Gasteiger charge is -2.07. The summed E-state index contributed by atoms with van der Waals surface area (Å²) >= 11 is 0. The smallest absolute Gasteiger partial charge is 0.326 e. The number of carbonyl (C=O) groups is 2. The Labute approximate surface area is 114 Å². The van der Waals surface area contributed by atoms with Crippen LogP contribution in [0.5, 0.6) is 0 Å². The van der Waals surface area contributed by atoms with E-state index in [-0.39, 0.29) is 6.42 Å². The van der Waals surface area contributed by atoms with Crippen LogP contribution >= 0.6 is 0 Å². The zero-order valence-electron chi connectivity index (χ0n) is 10.7. The summed E-state index contributed by atoms with van der Waals surface area (Å²) in [4.78, 5) is 26.2. The fraction of sp³-hybridized carbons (Fsp3) is 0.167. The first-order valence-corrected chi connectivity index (χ1v) is 5.77. The van der Waals surface area contributed by atoms with E-state index in [1.165, 1.54) is 11.0 Å². The van der Waals surface area contributed by atoms with Crippen molar-refractivity contribution in [3.05, 3.63) is 36.2 Å². The normalized spacial score (nSPS) is 10.1. The lowest BCUT2D eigenvalue weighted by atomic mass is 10.1. The number of benzene rings is 1. The minimum absolute atomic E-state index is 0.0968. The summed E-state index contributed by atoms with van der Waals surface area (Å²) in [6, 6.07) is 6.15. The van der Waals surface area contributed by atoms with Crippen molar-refractivity contribution in [3.63, 3.8) is 0 Å². The highest BCUT2D eigenvalue weighted by molar-refractivity contribution is 5.98. The van der Waals surface area contributed by atoms with E-state index in [1.54, 1.807) is 31.3 Å². The zero-order chi connectivity index (χ0) is 14.5. The first-order chi connectivity index (χ1) is 9.54. The van der Waals surface area contributed by atoms with Crippen LogP contribution in [-0.2, 0) is 18.3 Å². The van der Waals surface area contributed by atoms with Crippen LogP contribution in [0.15, 0.2) is 30.6 Å². The van der Waals surface area contributed by atoms with Crippen molar-refractivity contribution in [2.75, 3.05) is 10.6 Å². The van der Waals surface area contributed by atoms with Crippen molar-refractivity contribution >= 4 is 23.6 Å². The summed E-state index contributed by atoms with van der Waals surface area (Å²) in [6.45, 7) is 0. The van der Waals surface area contributed by atoms with Crippen molar-refractivity contribution in [1.29, 1.82) is 0 Å². The lowest BCUT2D eigenvalue weighted by Crippen LogP contribution is -2.21. The molecule has 1 aromatic carbocycles. The Bertz CT molecular complexity index is 638. The van der Waals surface area contributed by atoms with E-state index < -0.39 is 12.0 Å². The Hall–Kier alpha value is -2.90. The fourth-order valence-corrected chi connectivity index (χ4v) is 1.61. The van der Waals surface area contributed by atoms with Gasteiger partial charge in [-0.1, -0.05) is 12.1 Å². The average Bonchev–Trinajstić information content (AvgIpc) is 2.74. The minimum Gasteiger partial charge on any atom is -0.481 e. The Balaban J connectivity index is 2.01. The van der Waals surface area contributed by atoms with Crippen molar-refractivity contribution < 1.29 is 14.7 Å². The highest BCUT2D eigenvalue weighted by Gasteiger charge is 2.07. The average molecular weight is 275 g/mol. The monoisotopic (exact) mass is 275 g/mol. The summed E-state index contributed by atoms with van der Waals surface area (Å²) in [5.74, 6) is -0.616. The molecule has 0 spiro atoms. The molecule has 0 unspecified atom stereocenters. The molecule has 0 fully saturated rings. The van der Waals surface area contributed by atoms with Crippen LogP contribution in [0.25, 0.3) is 0 Å². The Morgan fingerprint density at radius 1 is 1.35 bits per heavy atom. The number of aromatic nitrogens is 3. The number of hydrogen-bond acceptors (Lipinski definition) is 4. The summed E-state index contributed by atoms with van der Waals surface area (Å²) in [5, 5.41) is 17.7. The van der Waals surface area contributed by atoms with Crippen molar-refractivity contribution in [3.8, 4) is 0 Å². The van der Waals surface area contributed by atoms with Gasteiger partial charge in [-0.3, -0.25) is 10.1 Å². The third-order valence-corrected chi connectivity index (χ3v) is 2.48. The molecular formula is C12H13N5O3. The van der Waals surface area contributed by atoms with E-state index in [0.717, 1.165) is 0 Å². The van der Waals surface area contributed by atoms with Gasteiger partial charge in [-0.25, -0.2) is 9.48 Å². The SMILES string of the molecule is Cn1ncnc1NC(=O)Nc1cccc(CC(=O)O)c1. The molecule has 3 N–H and O–H groups in total. The molecule has 0 aliphatic rings. The maximum absolute atomic E-state index is 11.7. The number of aryl methyl sites for hydroxylation is 1. The lowest BCUT2D eigenvalue weighted by molar-refractivity contribution is -0.136. The molecule has 0 aliphatic carbocycles. The van der Waals surface area contributed by atoms with E-state index in [4.69, 9.17) is 5.11 Å². The fourth-order valence-electron chi connectivity index (χ4n) is 1.61. The molecule has 0 radical (unpaired) electrons. The molecule has 0 saturated heterocycles. The van der Waals surface area contributed by atoms with Crippen LogP contribution in [0.1, 0.15) is 5.56 Å². The Morgan fingerprint density at radius 3 is 2.80 bits per heavy atom. The maximum atomic E-state index is 11.7. The standard InChI is InChI=1S/C12H13N5O3/c1-17-11(13-7-14-17)16-12(20)15-9-4-2-3-8(5-9)6-10(18)19/h2-5,7H,6H2,1H3,(H,18,19)(H2,13,14,15,16,20). The molecule has 2 rings (SSSR count). The number of nitrogens with one attached hydrogen (secondary N) is 2. The first-order valence-electron chi connectivity index (χ1n) is 5.77. The molecule has 0 saturated carbocycles. The van der Waals surface area contributed by atoms with Gasteiger partial charge in [0.25, 0.3) is 0 Å². The first kappa shape index (κ1) is 13.5. The van der Waals surface area contributed by atoms with Gasteiger partial charge in [0.15, 0.2) is 0 Å². The third kappa shape index (κ3) is 3.55. The maximum Gasteiger partial charge on any atom is 0.326 e. The predicted octanol–water partition coefficient (Wildman–Crippen LogP) is 1.09. The van der Waals surface area contributed by atoms with Gasteiger partial charge in [-0.2, -0.15) is 10.1 Å². The molecule has 0 aliphatic heterocycles. The Morgan fingerprint density at radius 2 is 2.15 bits per heavy atom. The zero-order valence-corrected chi connectivity index (χ0v) is 10.7. The number of nitrogens with zero attached hydrogens (tertiary/aromatic N) is 3. The largest absolute Gasteiger partial charge is 0.481 e. The highest BCUT2D eigenvalue weighted by Crippen LogP contribution is 2.11. The molecule has 2 aromatic rings. The number of rotatable bonds is 4. The van der Waals surface area contributed by atoms with Crippen LogP contribution in [0.4, 0.5) is 16.4 Å². The molecule has 2 amide bonds. The number of anilines is 2. The van der Waals surface area contributed by atoms with Gasteiger partial charge in [-0.15, -0.1) is 0 Å². The molecule has 20 heavy (non-hydrogen) atoms. The summed E-state index contributed by atoms with van der Waals surface area (Å²) < 4.78 is 1.42. The Kier molecular flexibility index (Phi) is 3.94. The van der Waals surface area contributed by atoms with Gasteiger partial charge >= 0.3 is 12.0 Å². The van der Waals surface area contributed by atoms with E-state index in [9.17, 15) is 9.59 Å². The second-order valence-corrected chi connectivity index (χ2v) is 4.06. The van der Waals surface area contributed by atoms with Crippen molar-refractivity contribution in [2.24, 2.45) is 7.05 Å². The number of aliphatic carboxylic acids is 1. The predicted molar refractivity (Wildman–Crippen MR) is 71.4 cm³/mol. The van der Waals surface area contributed by atoms with Gasteiger partial charge in [-0.05, 0) is 17.7 Å². The molecule has 104 valence electrons. The summed E-state index contributed by atoms with van der Waals surface area (Å²) in [6.07, 6.45) is 1.23. The van der Waals surface area contributed by atoms with Crippen molar-refractivity contribution in [2.45, 2.75) is 6.42 Å². The van der Waals surface area contributed by atoms with E-state index in [0.29, 0.717) is 17.2 Å². The van der Waals surface area contributed by atoms with Crippen LogP contribution in [0.2, 0.25) is 0 Å². The quantitative estimate of drug-likeness (QED) is 0.773. The molecule has 1 aromatic heterocycles. The summed E-state index contributed by atoms with van der Waals surface area (Å²) in [7, 11) is 1.65. The molecule has 0 bridgehead atoms. The second kappa shape index (κ2) is 5.83. The number of urea groups is 1. The van der Waals surface area contributed by atoms with Gasteiger partial charge in [0.1, 0.15) is 6.33 Å². The van der Waals surface area contributed by atoms with E-state index in [2.05, 4.69) is 20.7 Å². The minimum atomic E-state index is -0.925. The molecule has 1 heterocycles. The van der Waals surface area contributed by atoms with Crippen LogP contribution in [0.3, 0.4) is 0 Å². The number of carbonyl (C=O) groups excluding carboxylic acids is 1. The van der Waals surface area contributed by atoms with Gasteiger partial charge in [0.2, 0.25) is 5.95 Å². The molecule has 0 atom stereocenters. The van der Waals surface area contributed by atoms with Gasteiger partial charge in [0.05, 0.1) is 6.42 Å². The molecular weight excluding hydrogens is 262 g/mol. The molecule has 8 nitrogen and oxygen atoms in total. The third-order valence-electron chi connectivity index (χ3n) is 2.48. The topological polar surface area (TPSA) is 109 Å². The van der Waals surface area contributed by atoms with Gasteiger partial charge in [0, 0.05) is 12.7 Å². The van der Waals surface area contributed by atoms with Crippen LogP contribution < -0.4 is 10.6 Å². The number of carboxylic acids is 1. The molecule has 8 heteroatoms. The number of hydrogen-bond donors (Lipinski definition) is 3. The van der Waals surface area contributed by atoms with E-state index in [1.807, 2.05) is 0 Å². The summed E-state index contributed by atoms with van der Waals surface area (Å²) in [5.41, 5.74) is 1.11. The van der Waals surface area contributed by atoms with Crippen LogP contribution in [0, 0.1) is 0 Å². The van der Waals surface area contributed by atoms with Gasteiger partial charge < -0.3 is 10.4 Å². The number of carboxylic acid groups (broad SMARTS) is 1. The van der Waals surface area contributed by atoms with Crippen molar-refractivity contribution in [1.82, 2.24) is 14.8 Å².